The first-order valence-corrected chi connectivity index (χ1v) is 7.54. The maximum absolute atomic E-state index is 5.35. The third-order valence-corrected chi connectivity index (χ3v) is 4.32. The van der Waals surface area contributed by atoms with Crippen molar-refractivity contribution in [1.29, 1.82) is 0 Å². The monoisotopic (exact) mass is 336 g/mol. The standard InChI is InChI=1S/C14H17BrN4O/c1-10-2-3-11(8-12(10)15)14-17-13(20-18-14)9-19-6-4-16-5-7-19/h2-3,8,16H,4-7,9H2,1H3. The molecule has 1 fully saturated rings. The number of nitrogens with zero attached hydrogens (tertiary/aromatic N) is 3. The van der Waals surface area contributed by atoms with E-state index in [1.54, 1.807) is 0 Å². The Bertz CT molecular complexity index is 593. The van der Waals surface area contributed by atoms with Crippen molar-refractivity contribution < 1.29 is 4.52 Å². The largest absolute Gasteiger partial charge is 0.338 e. The Morgan fingerprint density at radius 2 is 2.15 bits per heavy atom. The van der Waals surface area contributed by atoms with Crippen molar-refractivity contribution in [3.05, 3.63) is 34.1 Å². The minimum absolute atomic E-state index is 0.649. The summed E-state index contributed by atoms with van der Waals surface area (Å²) in [5.74, 6) is 1.33. The number of benzene rings is 1. The normalized spacial score (nSPS) is 16.5. The Balaban J connectivity index is 1.73. The molecular formula is C14H17BrN4O. The molecule has 0 amide bonds. The molecule has 0 radical (unpaired) electrons. The van der Waals surface area contributed by atoms with Gasteiger partial charge in [-0.25, -0.2) is 0 Å². The molecule has 3 rings (SSSR count). The van der Waals surface area contributed by atoms with Crippen LogP contribution in [0.4, 0.5) is 0 Å². The van der Waals surface area contributed by atoms with Gasteiger partial charge in [0.1, 0.15) is 0 Å². The average molecular weight is 337 g/mol. The van der Waals surface area contributed by atoms with Gasteiger partial charge in [-0.15, -0.1) is 0 Å². The van der Waals surface area contributed by atoms with E-state index in [1.807, 2.05) is 18.2 Å². The minimum Gasteiger partial charge on any atom is -0.338 e. The fraction of sp³-hybridized carbons (Fsp3) is 0.429. The first kappa shape index (κ1) is 13.7. The molecule has 2 aromatic rings. The van der Waals surface area contributed by atoms with E-state index in [0.29, 0.717) is 11.7 Å². The molecule has 1 saturated heterocycles. The van der Waals surface area contributed by atoms with Crippen LogP contribution in [0.5, 0.6) is 0 Å². The summed E-state index contributed by atoms with van der Waals surface area (Å²) < 4.78 is 6.41. The Morgan fingerprint density at radius 1 is 1.35 bits per heavy atom. The van der Waals surface area contributed by atoms with Crippen LogP contribution in [0.1, 0.15) is 11.5 Å². The summed E-state index contributed by atoms with van der Waals surface area (Å²) in [5, 5.41) is 7.40. The highest BCUT2D eigenvalue weighted by Gasteiger charge is 2.15. The van der Waals surface area contributed by atoms with Crippen LogP contribution in [0.25, 0.3) is 11.4 Å². The van der Waals surface area contributed by atoms with Crippen molar-refractivity contribution >= 4 is 15.9 Å². The molecule has 0 spiro atoms. The summed E-state index contributed by atoms with van der Waals surface area (Å²) >= 11 is 3.53. The zero-order chi connectivity index (χ0) is 13.9. The van der Waals surface area contributed by atoms with Crippen molar-refractivity contribution in [3.63, 3.8) is 0 Å². The number of piperazine rings is 1. The zero-order valence-electron chi connectivity index (χ0n) is 11.4. The van der Waals surface area contributed by atoms with Crippen molar-refractivity contribution in [2.75, 3.05) is 26.2 Å². The molecule has 106 valence electrons. The lowest BCUT2D eigenvalue weighted by atomic mass is 10.1. The van der Waals surface area contributed by atoms with Gasteiger partial charge in [-0.3, -0.25) is 4.90 Å². The van der Waals surface area contributed by atoms with E-state index >= 15 is 0 Å². The Kier molecular flexibility index (Phi) is 4.14. The molecule has 0 unspecified atom stereocenters. The molecule has 1 aliphatic rings. The van der Waals surface area contributed by atoms with Gasteiger partial charge in [0.05, 0.1) is 6.54 Å². The molecule has 0 bridgehead atoms. The van der Waals surface area contributed by atoms with Crippen LogP contribution >= 0.6 is 15.9 Å². The zero-order valence-corrected chi connectivity index (χ0v) is 13.0. The van der Waals surface area contributed by atoms with Gasteiger partial charge in [0, 0.05) is 36.2 Å². The first-order valence-electron chi connectivity index (χ1n) is 6.74. The van der Waals surface area contributed by atoms with Crippen molar-refractivity contribution in [2.24, 2.45) is 0 Å². The number of halogens is 1. The van der Waals surface area contributed by atoms with Gasteiger partial charge in [-0.05, 0) is 18.6 Å². The number of hydrogen-bond donors (Lipinski definition) is 1. The van der Waals surface area contributed by atoms with Crippen molar-refractivity contribution in [1.82, 2.24) is 20.4 Å². The van der Waals surface area contributed by atoms with E-state index in [0.717, 1.165) is 42.8 Å². The first-order chi connectivity index (χ1) is 9.72. The van der Waals surface area contributed by atoms with Gasteiger partial charge < -0.3 is 9.84 Å². The highest BCUT2D eigenvalue weighted by atomic mass is 79.9. The highest BCUT2D eigenvalue weighted by molar-refractivity contribution is 9.10. The fourth-order valence-corrected chi connectivity index (χ4v) is 2.61. The second-order valence-corrected chi connectivity index (χ2v) is 5.86. The predicted molar refractivity (Wildman–Crippen MR) is 80.3 cm³/mol. The van der Waals surface area contributed by atoms with Crippen LogP contribution in [0.15, 0.2) is 27.2 Å². The number of nitrogens with one attached hydrogen (secondary N) is 1. The van der Waals surface area contributed by atoms with Crippen LogP contribution < -0.4 is 5.32 Å². The van der Waals surface area contributed by atoms with E-state index in [4.69, 9.17) is 4.52 Å². The molecule has 0 atom stereocenters. The fourth-order valence-electron chi connectivity index (χ4n) is 2.23. The number of aryl methyl sites for hydroxylation is 1. The molecule has 1 aromatic carbocycles. The highest BCUT2D eigenvalue weighted by Crippen LogP contribution is 2.23. The van der Waals surface area contributed by atoms with Crippen LogP contribution in [-0.2, 0) is 6.54 Å². The lowest BCUT2D eigenvalue weighted by molar-refractivity contribution is 0.203. The van der Waals surface area contributed by atoms with E-state index in [-0.39, 0.29) is 0 Å². The summed E-state index contributed by atoms with van der Waals surface area (Å²) in [7, 11) is 0. The molecule has 1 aliphatic heterocycles. The maximum Gasteiger partial charge on any atom is 0.241 e. The molecule has 0 aliphatic carbocycles. The van der Waals surface area contributed by atoms with E-state index in [9.17, 15) is 0 Å². The van der Waals surface area contributed by atoms with Gasteiger partial charge in [0.15, 0.2) is 0 Å². The van der Waals surface area contributed by atoms with Gasteiger partial charge in [0.2, 0.25) is 11.7 Å². The van der Waals surface area contributed by atoms with Gasteiger partial charge in [-0.1, -0.05) is 33.2 Å². The second kappa shape index (κ2) is 6.03. The summed E-state index contributed by atoms with van der Waals surface area (Å²) in [6.45, 7) is 6.86. The molecule has 5 nitrogen and oxygen atoms in total. The summed E-state index contributed by atoms with van der Waals surface area (Å²) in [4.78, 5) is 6.80. The predicted octanol–water partition coefficient (Wildman–Crippen LogP) is 2.21. The molecule has 6 heteroatoms. The molecule has 1 N–H and O–H groups in total. The lowest BCUT2D eigenvalue weighted by Crippen LogP contribution is -2.42. The lowest BCUT2D eigenvalue weighted by Gasteiger charge is -2.25. The Morgan fingerprint density at radius 3 is 2.90 bits per heavy atom. The summed E-state index contributed by atoms with van der Waals surface area (Å²) in [6.07, 6.45) is 0. The minimum atomic E-state index is 0.649. The molecule has 1 aromatic heterocycles. The third-order valence-electron chi connectivity index (χ3n) is 3.47. The van der Waals surface area contributed by atoms with Crippen LogP contribution in [0.3, 0.4) is 0 Å². The molecular weight excluding hydrogens is 320 g/mol. The van der Waals surface area contributed by atoms with Crippen LogP contribution in [0, 0.1) is 6.92 Å². The van der Waals surface area contributed by atoms with E-state index < -0.39 is 0 Å². The molecule has 0 saturated carbocycles. The van der Waals surface area contributed by atoms with Gasteiger partial charge >= 0.3 is 0 Å². The Hall–Kier alpha value is -1.24. The smallest absolute Gasteiger partial charge is 0.241 e. The maximum atomic E-state index is 5.35. The average Bonchev–Trinajstić information content (AvgIpc) is 2.91. The van der Waals surface area contributed by atoms with Crippen LogP contribution in [-0.4, -0.2) is 41.2 Å². The van der Waals surface area contributed by atoms with Crippen LogP contribution in [0.2, 0.25) is 0 Å². The van der Waals surface area contributed by atoms with E-state index in [2.05, 4.69) is 43.2 Å². The molecule has 20 heavy (non-hydrogen) atoms. The van der Waals surface area contributed by atoms with E-state index in [1.165, 1.54) is 5.56 Å². The second-order valence-electron chi connectivity index (χ2n) is 5.00. The summed E-state index contributed by atoms with van der Waals surface area (Å²) in [6, 6.07) is 6.08. The van der Waals surface area contributed by atoms with Crippen molar-refractivity contribution in [2.45, 2.75) is 13.5 Å². The van der Waals surface area contributed by atoms with Crippen molar-refractivity contribution in [3.8, 4) is 11.4 Å². The number of rotatable bonds is 3. The third kappa shape index (κ3) is 3.08. The number of aromatic nitrogens is 2. The quantitative estimate of drug-likeness (QED) is 0.931. The SMILES string of the molecule is Cc1ccc(-c2noc(CN3CCNCC3)n2)cc1Br. The molecule has 2 heterocycles. The number of hydrogen-bond acceptors (Lipinski definition) is 5. The Labute approximate surface area is 126 Å². The van der Waals surface area contributed by atoms with Gasteiger partial charge in [0.25, 0.3) is 0 Å². The topological polar surface area (TPSA) is 54.2 Å². The van der Waals surface area contributed by atoms with Gasteiger partial charge in [-0.2, -0.15) is 4.98 Å². The summed E-state index contributed by atoms with van der Waals surface area (Å²) in [5.41, 5.74) is 2.16.